The van der Waals surface area contributed by atoms with Crippen molar-refractivity contribution in [3.63, 3.8) is 0 Å². The predicted molar refractivity (Wildman–Crippen MR) is 79.2 cm³/mol. The molecule has 0 aromatic heterocycles. The second-order valence-electron chi connectivity index (χ2n) is 5.25. The van der Waals surface area contributed by atoms with E-state index in [1.807, 2.05) is 38.1 Å². The Labute approximate surface area is 120 Å². The summed E-state index contributed by atoms with van der Waals surface area (Å²) in [6.45, 7) is 4.96. The van der Waals surface area contributed by atoms with E-state index in [-0.39, 0.29) is 11.6 Å². The molecule has 2 amide bonds. The van der Waals surface area contributed by atoms with Crippen LogP contribution in [0.4, 0.5) is 4.79 Å². The number of benzene rings is 1. The third-order valence-corrected chi connectivity index (χ3v) is 2.87. The average Bonchev–Trinajstić information content (AvgIpc) is 2.38. The number of carbonyl (C=O) groups is 1. The molecule has 2 N–H and O–H groups in total. The molecule has 0 heterocycles. The number of nitrogens with one attached hydrogen (secondary N) is 2. The van der Waals surface area contributed by atoms with Crippen molar-refractivity contribution >= 4 is 6.03 Å². The van der Waals surface area contributed by atoms with E-state index in [4.69, 9.17) is 9.47 Å². The van der Waals surface area contributed by atoms with Crippen molar-refractivity contribution < 1.29 is 14.3 Å². The van der Waals surface area contributed by atoms with E-state index >= 15 is 0 Å². The van der Waals surface area contributed by atoms with Gasteiger partial charge in [0.25, 0.3) is 0 Å². The zero-order valence-electron chi connectivity index (χ0n) is 12.7. The third kappa shape index (κ3) is 5.48. The molecule has 0 fully saturated rings. The fourth-order valence-corrected chi connectivity index (χ4v) is 1.99. The van der Waals surface area contributed by atoms with Crippen molar-refractivity contribution in [3.8, 4) is 5.75 Å². The summed E-state index contributed by atoms with van der Waals surface area (Å²) in [5.74, 6) is 0.835. The molecule has 5 heteroatoms. The van der Waals surface area contributed by atoms with Gasteiger partial charge in [0.2, 0.25) is 0 Å². The van der Waals surface area contributed by atoms with Crippen molar-refractivity contribution in [3.05, 3.63) is 29.8 Å². The molecule has 0 aliphatic heterocycles. The van der Waals surface area contributed by atoms with Gasteiger partial charge in [0.05, 0.1) is 13.7 Å². The summed E-state index contributed by atoms with van der Waals surface area (Å²) >= 11 is 0. The largest absolute Gasteiger partial charge is 0.496 e. The Bertz CT molecular complexity index is 433. The van der Waals surface area contributed by atoms with Crippen LogP contribution in [-0.2, 0) is 11.2 Å². The molecule has 0 aliphatic carbocycles. The topological polar surface area (TPSA) is 59.6 Å². The number of ether oxygens (including phenoxy) is 2. The van der Waals surface area contributed by atoms with Crippen LogP contribution in [0, 0.1) is 0 Å². The molecule has 0 bridgehead atoms. The van der Waals surface area contributed by atoms with Gasteiger partial charge in [-0.3, -0.25) is 0 Å². The molecule has 0 aliphatic rings. The van der Waals surface area contributed by atoms with Crippen LogP contribution in [0.2, 0.25) is 0 Å². The van der Waals surface area contributed by atoms with Gasteiger partial charge < -0.3 is 20.1 Å². The molecule has 1 aromatic carbocycles. The summed E-state index contributed by atoms with van der Waals surface area (Å²) in [4.78, 5) is 11.8. The Morgan fingerprint density at radius 2 is 1.95 bits per heavy atom. The van der Waals surface area contributed by atoms with Crippen LogP contribution in [0.25, 0.3) is 0 Å². The molecule has 0 saturated heterocycles. The Balaban J connectivity index is 2.58. The van der Waals surface area contributed by atoms with Gasteiger partial charge in [-0.2, -0.15) is 0 Å². The number of hydrogen-bond donors (Lipinski definition) is 2. The van der Waals surface area contributed by atoms with E-state index in [0.29, 0.717) is 19.6 Å². The number of urea groups is 1. The molecule has 0 atom stereocenters. The highest BCUT2D eigenvalue weighted by molar-refractivity contribution is 5.74. The first-order valence-corrected chi connectivity index (χ1v) is 6.65. The zero-order valence-corrected chi connectivity index (χ0v) is 12.7. The molecule has 20 heavy (non-hydrogen) atoms. The Hall–Kier alpha value is -1.75. The monoisotopic (exact) mass is 280 g/mol. The van der Waals surface area contributed by atoms with Gasteiger partial charge in [0.15, 0.2) is 0 Å². The quantitative estimate of drug-likeness (QED) is 0.751. The lowest BCUT2D eigenvalue weighted by Gasteiger charge is -2.27. The molecule has 1 aromatic rings. The van der Waals surface area contributed by atoms with Crippen LogP contribution in [0.3, 0.4) is 0 Å². The number of methoxy groups -OCH3 is 2. The van der Waals surface area contributed by atoms with Crippen LogP contribution in [-0.4, -0.2) is 38.9 Å². The normalized spacial score (nSPS) is 11.0. The van der Waals surface area contributed by atoms with Gasteiger partial charge in [-0.15, -0.1) is 0 Å². The lowest BCUT2D eigenvalue weighted by molar-refractivity contribution is 0.193. The SMILES string of the molecule is COCCNC(=O)NC(C)(C)Cc1ccccc1OC. The second-order valence-corrected chi connectivity index (χ2v) is 5.25. The van der Waals surface area contributed by atoms with Gasteiger partial charge in [-0.25, -0.2) is 4.79 Å². The van der Waals surface area contributed by atoms with Crippen molar-refractivity contribution in [1.82, 2.24) is 10.6 Å². The molecule has 0 unspecified atom stereocenters. The number of para-hydroxylation sites is 1. The van der Waals surface area contributed by atoms with Crippen LogP contribution in [0.15, 0.2) is 24.3 Å². The summed E-state index contributed by atoms with van der Waals surface area (Å²) < 4.78 is 10.2. The van der Waals surface area contributed by atoms with Crippen LogP contribution in [0.5, 0.6) is 5.75 Å². The van der Waals surface area contributed by atoms with Gasteiger partial charge in [0, 0.05) is 19.2 Å². The number of rotatable bonds is 7. The van der Waals surface area contributed by atoms with Crippen molar-refractivity contribution in [2.75, 3.05) is 27.4 Å². The van der Waals surface area contributed by atoms with Crippen LogP contribution >= 0.6 is 0 Å². The van der Waals surface area contributed by atoms with Crippen molar-refractivity contribution in [1.29, 1.82) is 0 Å². The highest BCUT2D eigenvalue weighted by Crippen LogP contribution is 2.22. The fraction of sp³-hybridized carbons (Fsp3) is 0.533. The first-order chi connectivity index (χ1) is 9.48. The van der Waals surface area contributed by atoms with Crippen LogP contribution < -0.4 is 15.4 Å². The predicted octanol–water partition coefficient (Wildman–Crippen LogP) is 1.96. The van der Waals surface area contributed by atoms with Crippen molar-refractivity contribution in [2.45, 2.75) is 25.8 Å². The number of hydrogen-bond acceptors (Lipinski definition) is 3. The van der Waals surface area contributed by atoms with Gasteiger partial charge in [0.1, 0.15) is 5.75 Å². The van der Waals surface area contributed by atoms with E-state index in [1.165, 1.54) is 0 Å². The fourth-order valence-electron chi connectivity index (χ4n) is 1.99. The summed E-state index contributed by atoms with van der Waals surface area (Å²) in [7, 11) is 3.25. The first-order valence-electron chi connectivity index (χ1n) is 6.65. The summed E-state index contributed by atoms with van der Waals surface area (Å²) in [5, 5.41) is 5.70. The smallest absolute Gasteiger partial charge is 0.315 e. The minimum Gasteiger partial charge on any atom is -0.496 e. The average molecular weight is 280 g/mol. The van der Waals surface area contributed by atoms with E-state index in [0.717, 1.165) is 11.3 Å². The standard InChI is InChI=1S/C15H24N2O3/c1-15(2,17-14(18)16-9-10-19-3)11-12-7-5-6-8-13(12)20-4/h5-8H,9-11H2,1-4H3,(H2,16,17,18). The van der Waals surface area contributed by atoms with Crippen molar-refractivity contribution in [2.24, 2.45) is 0 Å². The minimum atomic E-state index is -0.369. The molecule has 0 radical (unpaired) electrons. The molecule has 5 nitrogen and oxygen atoms in total. The van der Waals surface area contributed by atoms with E-state index in [9.17, 15) is 4.79 Å². The Kier molecular flexibility index (Phi) is 6.31. The van der Waals surface area contributed by atoms with Crippen LogP contribution in [0.1, 0.15) is 19.4 Å². The molecule has 0 saturated carbocycles. The maximum atomic E-state index is 11.8. The highest BCUT2D eigenvalue weighted by Gasteiger charge is 2.22. The van der Waals surface area contributed by atoms with Gasteiger partial charge >= 0.3 is 6.03 Å². The van der Waals surface area contributed by atoms with Gasteiger partial charge in [-0.1, -0.05) is 18.2 Å². The number of amides is 2. The molecular formula is C15H24N2O3. The summed E-state index contributed by atoms with van der Waals surface area (Å²) in [5.41, 5.74) is 0.698. The minimum absolute atomic E-state index is 0.193. The molecular weight excluding hydrogens is 256 g/mol. The second kappa shape index (κ2) is 7.75. The van der Waals surface area contributed by atoms with Gasteiger partial charge in [-0.05, 0) is 31.9 Å². The maximum Gasteiger partial charge on any atom is 0.315 e. The van der Waals surface area contributed by atoms with E-state index in [1.54, 1.807) is 14.2 Å². The molecule has 112 valence electrons. The maximum absolute atomic E-state index is 11.8. The first kappa shape index (κ1) is 16.3. The highest BCUT2D eigenvalue weighted by atomic mass is 16.5. The summed E-state index contributed by atoms with van der Waals surface area (Å²) in [6, 6.07) is 7.63. The summed E-state index contributed by atoms with van der Waals surface area (Å²) in [6.07, 6.45) is 0.689. The Morgan fingerprint density at radius 1 is 1.25 bits per heavy atom. The molecule has 0 spiro atoms. The lowest BCUT2D eigenvalue weighted by Crippen LogP contribution is -2.50. The Morgan fingerprint density at radius 3 is 2.60 bits per heavy atom. The lowest BCUT2D eigenvalue weighted by atomic mass is 9.94. The van der Waals surface area contributed by atoms with E-state index < -0.39 is 0 Å². The zero-order chi connectivity index (χ0) is 15.0. The third-order valence-electron chi connectivity index (χ3n) is 2.87. The molecule has 1 rings (SSSR count). The van der Waals surface area contributed by atoms with E-state index in [2.05, 4.69) is 10.6 Å². The number of carbonyl (C=O) groups excluding carboxylic acids is 1.